The summed E-state index contributed by atoms with van der Waals surface area (Å²) in [6.07, 6.45) is 0.305. The van der Waals surface area contributed by atoms with Crippen molar-refractivity contribution < 1.29 is 9.53 Å². The number of carbonyl (C=O) groups is 1. The fourth-order valence-corrected chi connectivity index (χ4v) is 1.48. The van der Waals surface area contributed by atoms with Crippen LogP contribution in [0.2, 0.25) is 0 Å². The third kappa shape index (κ3) is 5.37. The van der Waals surface area contributed by atoms with Gasteiger partial charge in [-0.2, -0.15) is 0 Å². The Balaban J connectivity index is 2.43. The molecule has 2 nitrogen and oxygen atoms in total. The van der Waals surface area contributed by atoms with E-state index < -0.39 is 0 Å². The molecule has 0 aliphatic heterocycles. The van der Waals surface area contributed by atoms with Crippen molar-refractivity contribution in [2.45, 2.75) is 6.42 Å². The normalized spacial score (nSPS) is 8.93. The fourth-order valence-electron chi connectivity index (χ4n) is 0.964. The molecule has 0 aliphatic carbocycles. The van der Waals surface area contributed by atoms with Gasteiger partial charge in [0.25, 0.3) is 0 Å². The van der Waals surface area contributed by atoms with Gasteiger partial charge >= 0.3 is 5.97 Å². The summed E-state index contributed by atoms with van der Waals surface area (Å²) >= 11 is 4.13. The van der Waals surface area contributed by atoms with Gasteiger partial charge in [-0.3, -0.25) is 4.79 Å². The molecule has 1 rings (SSSR count). The summed E-state index contributed by atoms with van der Waals surface area (Å²) < 4.78 is 8.69. The molecule has 0 saturated heterocycles. The van der Waals surface area contributed by atoms with E-state index >= 15 is 0 Å². The second-order valence-corrected chi connectivity index (χ2v) is 4.52. The van der Waals surface area contributed by atoms with E-state index in [-0.39, 0.29) is 12.6 Å². The van der Waals surface area contributed by atoms with Gasteiger partial charge in [-0.25, -0.2) is 0 Å². The quantitative estimate of drug-likeness (QED) is 0.423. The molecule has 0 saturated carbocycles. The van der Waals surface area contributed by atoms with Gasteiger partial charge in [0, 0.05) is 26.2 Å². The van der Waals surface area contributed by atoms with Crippen LogP contribution in [-0.4, -0.2) is 12.6 Å². The molecule has 4 heteroatoms. The Morgan fingerprint density at radius 2 is 2.00 bits per heavy atom. The molecule has 0 aliphatic rings. The van der Waals surface area contributed by atoms with E-state index in [1.54, 1.807) is 0 Å². The molecule has 0 radical (unpaired) electrons. The molecule has 0 atom stereocenters. The molecule has 0 amide bonds. The summed E-state index contributed by atoms with van der Waals surface area (Å²) in [6, 6.07) is 7.78. The largest absolute Gasteiger partial charge is 0.452 e. The Morgan fingerprint density at radius 1 is 1.33 bits per heavy atom. The van der Waals surface area contributed by atoms with Crippen molar-refractivity contribution >= 4 is 51.2 Å². The SMILES string of the molecule is O=C(Cc1ccc(I)cc1)OCC#CI. The highest BCUT2D eigenvalue weighted by Gasteiger charge is 2.03. The predicted molar refractivity (Wildman–Crippen MR) is 75.6 cm³/mol. The zero-order valence-electron chi connectivity index (χ0n) is 7.80. The molecule has 0 unspecified atom stereocenters. The van der Waals surface area contributed by atoms with Crippen molar-refractivity contribution in [2.75, 3.05) is 6.61 Å². The van der Waals surface area contributed by atoms with Gasteiger partial charge in [0.05, 0.1) is 6.42 Å². The summed E-state index contributed by atoms with van der Waals surface area (Å²) in [7, 11) is 0. The van der Waals surface area contributed by atoms with Crippen molar-refractivity contribution in [3.05, 3.63) is 33.4 Å². The van der Waals surface area contributed by atoms with E-state index in [1.165, 1.54) is 0 Å². The minimum atomic E-state index is -0.240. The van der Waals surface area contributed by atoms with Gasteiger partial charge < -0.3 is 4.74 Å². The zero-order valence-corrected chi connectivity index (χ0v) is 12.1. The van der Waals surface area contributed by atoms with Crippen LogP contribution in [0.15, 0.2) is 24.3 Å². The summed E-state index contributed by atoms with van der Waals surface area (Å²) in [6.45, 7) is 0.173. The summed E-state index contributed by atoms with van der Waals surface area (Å²) in [5, 5.41) is 0. The lowest BCUT2D eigenvalue weighted by atomic mass is 10.2. The topological polar surface area (TPSA) is 26.3 Å². The van der Waals surface area contributed by atoms with Crippen molar-refractivity contribution in [1.82, 2.24) is 0 Å². The number of benzene rings is 1. The Hall–Kier alpha value is -0.290. The maximum absolute atomic E-state index is 11.3. The minimum Gasteiger partial charge on any atom is -0.452 e. The second kappa shape index (κ2) is 7.06. The average Bonchev–Trinajstić information content (AvgIpc) is 2.22. The van der Waals surface area contributed by atoms with E-state index in [0.29, 0.717) is 6.42 Å². The van der Waals surface area contributed by atoms with E-state index in [1.807, 2.05) is 46.9 Å². The van der Waals surface area contributed by atoms with Crippen molar-refractivity contribution in [3.8, 4) is 9.85 Å². The first-order valence-corrected chi connectivity index (χ1v) is 6.36. The molecule has 0 spiro atoms. The Morgan fingerprint density at radius 3 is 2.60 bits per heavy atom. The van der Waals surface area contributed by atoms with Crippen LogP contribution in [0.25, 0.3) is 0 Å². The summed E-state index contributed by atoms with van der Waals surface area (Å²) in [5.74, 6) is 2.43. The van der Waals surface area contributed by atoms with Crippen molar-refractivity contribution in [3.63, 3.8) is 0 Å². The Kier molecular flexibility index (Phi) is 6.02. The molecule has 0 N–H and O–H groups in total. The molecule has 0 aromatic heterocycles. The first-order chi connectivity index (χ1) is 7.22. The Labute approximate surface area is 116 Å². The van der Waals surface area contributed by atoms with Crippen LogP contribution >= 0.6 is 45.2 Å². The first-order valence-electron chi connectivity index (χ1n) is 4.21. The average molecular weight is 426 g/mol. The third-order valence-electron chi connectivity index (χ3n) is 1.63. The number of hydrogen-bond acceptors (Lipinski definition) is 2. The predicted octanol–water partition coefficient (Wildman–Crippen LogP) is 2.77. The Bertz CT molecular complexity index is 387. The van der Waals surface area contributed by atoms with Gasteiger partial charge in [-0.05, 0) is 44.2 Å². The van der Waals surface area contributed by atoms with Crippen LogP contribution in [-0.2, 0) is 16.0 Å². The van der Waals surface area contributed by atoms with E-state index in [9.17, 15) is 4.79 Å². The van der Waals surface area contributed by atoms with Crippen LogP contribution in [0.4, 0.5) is 0 Å². The van der Waals surface area contributed by atoms with Gasteiger partial charge in [0.15, 0.2) is 6.61 Å². The highest BCUT2D eigenvalue weighted by molar-refractivity contribution is 14.1. The van der Waals surface area contributed by atoms with Crippen molar-refractivity contribution in [2.24, 2.45) is 0 Å². The monoisotopic (exact) mass is 426 g/mol. The standard InChI is InChI=1S/C11H8I2O2/c12-6-1-7-15-11(14)8-9-2-4-10(13)5-3-9/h2-5H,7-8H2. The van der Waals surface area contributed by atoms with Gasteiger partial charge in [-0.15, -0.1) is 0 Å². The number of hydrogen-bond donors (Lipinski definition) is 0. The molecule has 0 bridgehead atoms. The van der Waals surface area contributed by atoms with Crippen LogP contribution in [0.3, 0.4) is 0 Å². The minimum absolute atomic E-state index is 0.173. The lowest BCUT2D eigenvalue weighted by Crippen LogP contribution is -2.07. The number of carbonyl (C=O) groups excluding carboxylic acids is 1. The van der Waals surface area contributed by atoms with Crippen LogP contribution in [0.1, 0.15) is 5.56 Å². The molecular weight excluding hydrogens is 418 g/mol. The number of halogens is 2. The smallest absolute Gasteiger partial charge is 0.311 e. The van der Waals surface area contributed by atoms with E-state index in [0.717, 1.165) is 9.13 Å². The maximum atomic E-state index is 11.3. The maximum Gasteiger partial charge on any atom is 0.311 e. The highest BCUT2D eigenvalue weighted by atomic mass is 127. The molecule has 1 aromatic rings. The molecule has 78 valence electrons. The second-order valence-electron chi connectivity index (χ2n) is 2.74. The lowest BCUT2D eigenvalue weighted by Gasteiger charge is -2.01. The summed E-state index contributed by atoms with van der Waals surface area (Å²) in [4.78, 5) is 11.3. The van der Waals surface area contributed by atoms with Crippen LogP contribution < -0.4 is 0 Å². The highest BCUT2D eigenvalue weighted by Crippen LogP contribution is 2.07. The molecule has 15 heavy (non-hydrogen) atoms. The summed E-state index contributed by atoms with van der Waals surface area (Å²) in [5.41, 5.74) is 0.961. The lowest BCUT2D eigenvalue weighted by molar-refractivity contribution is -0.141. The number of rotatable bonds is 3. The molecular formula is C11H8I2O2. The van der Waals surface area contributed by atoms with E-state index in [4.69, 9.17) is 4.74 Å². The molecule has 0 heterocycles. The van der Waals surface area contributed by atoms with E-state index in [2.05, 4.69) is 32.4 Å². The third-order valence-corrected chi connectivity index (χ3v) is 2.73. The zero-order chi connectivity index (χ0) is 11.1. The van der Waals surface area contributed by atoms with Crippen molar-refractivity contribution in [1.29, 1.82) is 0 Å². The van der Waals surface area contributed by atoms with Gasteiger partial charge in [0.2, 0.25) is 0 Å². The first kappa shape index (κ1) is 12.8. The number of ether oxygens (including phenoxy) is 1. The fraction of sp³-hybridized carbons (Fsp3) is 0.182. The van der Waals surface area contributed by atoms with Gasteiger partial charge in [-0.1, -0.05) is 18.1 Å². The van der Waals surface area contributed by atoms with Gasteiger partial charge in [0.1, 0.15) is 0 Å². The molecule has 1 aromatic carbocycles. The molecule has 0 fully saturated rings. The number of esters is 1. The van der Waals surface area contributed by atoms with Crippen LogP contribution in [0.5, 0.6) is 0 Å². The van der Waals surface area contributed by atoms with Crippen LogP contribution in [0, 0.1) is 13.4 Å².